The highest BCUT2D eigenvalue weighted by molar-refractivity contribution is 7.22. The zero-order valence-electron chi connectivity index (χ0n) is 19.1. The van der Waals surface area contributed by atoms with Gasteiger partial charge in [-0.05, 0) is 60.2 Å². The molecular formula is C26H24O6S. The van der Waals surface area contributed by atoms with Crippen LogP contribution in [0.2, 0.25) is 0 Å². The van der Waals surface area contributed by atoms with Crippen LogP contribution >= 0.6 is 11.3 Å². The lowest BCUT2D eigenvalue weighted by molar-refractivity contribution is 0.103. The zero-order valence-corrected chi connectivity index (χ0v) is 19.9. The van der Waals surface area contributed by atoms with Gasteiger partial charge in [-0.2, -0.15) is 0 Å². The first-order valence-corrected chi connectivity index (χ1v) is 11.0. The Labute approximate surface area is 196 Å². The van der Waals surface area contributed by atoms with Gasteiger partial charge in [-0.3, -0.25) is 4.79 Å². The summed E-state index contributed by atoms with van der Waals surface area (Å²) in [5, 5.41) is 0.881. The minimum absolute atomic E-state index is 0.148. The Morgan fingerprint density at radius 2 is 1.33 bits per heavy atom. The molecule has 0 aliphatic carbocycles. The number of ether oxygens (including phenoxy) is 5. The van der Waals surface area contributed by atoms with Gasteiger partial charge in [-0.25, -0.2) is 0 Å². The van der Waals surface area contributed by atoms with Crippen molar-refractivity contribution in [2.75, 3.05) is 35.5 Å². The van der Waals surface area contributed by atoms with E-state index in [2.05, 4.69) is 0 Å². The molecule has 3 aromatic carbocycles. The van der Waals surface area contributed by atoms with Gasteiger partial charge in [-0.15, -0.1) is 11.3 Å². The summed E-state index contributed by atoms with van der Waals surface area (Å²) >= 11 is 1.54. The second kappa shape index (κ2) is 9.42. The highest BCUT2D eigenvalue weighted by Gasteiger charge is 2.22. The van der Waals surface area contributed by atoms with E-state index in [0.29, 0.717) is 34.1 Å². The van der Waals surface area contributed by atoms with Crippen molar-refractivity contribution in [1.82, 2.24) is 0 Å². The molecule has 7 heteroatoms. The molecular weight excluding hydrogens is 440 g/mol. The molecule has 4 aromatic rings. The summed E-state index contributed by atoms with van der Waals surface area (Å²) in [6.45, 7) is 0. The number of methoxy groups -OCH3 is 5. The van der Waals surface area contributed by atoms with Crippen molar-refractivity contribution >= 4 is 27.2 Å². The minimum Gasteiger partial charge on any atom is -0.497 e. The van der Waals surface area contributed by atoms with Gasteiger partial charge in [0.1, 0.15) is 11.5 Å². The number of ketones is 1. The number of fused-ring (bicyclic) bond motifs is 1. The average Bonchev–Trinajstić information content (AvgIpc) is 3.32. The molecule has 4 rings (SSSR count). The van der Waals surface area contributed by atoms with E-state index in [9.17, 15) is 4.79 Å². The van der Waals surface area contributed by atoms with Crippen molar-refractivity contribution in [2.45, 2.75) is 0 Å². The Morgan fingerprint density at radius 1 is 0.697 bits per heavy atom. The van der Waals surface area contributed by atoms with Gasteiger partial charge >= 0.3 is 0 Å². The second-order valence-electron chi connectivity index (χ2n) is 7.14. The molecule has 0 spiro atoms. The van der Waals surface area contributed by atoms with E-state index < -0.39 is 0 Å². The van der Waals surface area contributed by atoms with Crippen molar-refractivity contribution in [3.05, 3.63) is 65.7 Å². The number of hydrogen-bond acceptors (Lipinski definition) is 7. The predicted molar refractivity (Wildman–Crippen MR) is 130 cm³/mol. The van der Waals surface area contributed by atoms with E-state index in [1.54, 1.807) is 43.8 Å². The average molecular weight is 465 g/mol. The number of carbonyl (C=O) groups excluding carboxylic acids is 1. The quantitative estimate of drug-likeness (QED) is 0.305. The summed E-state index contributed by atoms with van der Waals surface area (Å²) in [5.74, 6) is 2.64. The summed E-state index contributed by atoms with van der Waals surface area (Å²) in [6, 6.07) is 16.8. The molecule has 1 heterocycles. The highest BCUT2D eigenvalue weighted by Crippen LogP contribution is 2.42. The number of rotatable bonds is 8. The molecule has 0 aliphatic rings. The van der Waals surface area contributed by atoms with Crippen LogP contribution in [0.1, 0.15) is 15.9 Å². The third-order valence-corrected chi connectivity index (χ3v) is 6.63. The lowest BCUT2D eigenvalue weighted by atomic mass is 10.0. The van der Waals surface area contributed by atoms with Crippen molar-refractivity contribution in [1.29, 1.82) is 0 Å². The van der Waals surface area contributed by atoms with Crippen LogP contribution in [-0.4, -0.2) is 41.3 Å². The normalized spacial score (nSPS) is 10.7. The predicted octanol–water partition coefficient (Wildman–Crippen LogP) is 5.84. The van der Waals surface area contributed by atoms with Crippen molar-refractivity contribution in [3.63, 3.8) is 0 Å². The van der Waals surface area contributed by atoms with Gasteiger partial charge in [0, 0.05) is 26.1 Å². The van der Waals surface area contributed by atoms with E-state index in [-0.39, 0.29) is 5.78 Å². The van der Waals surface area contributed by atoms with Gasteiger partial charge in [-0.1, -0.05) is 0 Å². The molecule has 0 amide bonds. The molecule has 0 fully saturated rings. The van der Waals surface area contributed by atoms with Crippen molar-refractivity contribution in [2.24, 2.45) is 0 Å². The Bertz CT molecular complexity index is 1280. The molecule has 0 radical (unpaired) electrons. The molecule has 33 heavy (non-hydrogen) atoms. The van der Waals surface area contributed by atoms with E-state index in [1.165, 1.54) is 21.3 Å². The van der Waals surface area contributed by atoms with Crippen LogP contribution in [0.4, 0.5) is 0 Å². The molecule has 0 unspecified atom stereocenters. The van der Waals surface area contributed by atoms with Crippen LogP contribution in [0, 0.1) is 0 Å². The number of hydrogen-bond donors (Lipinski definition) is 0. The van der Waals surface area contributed by atoms with Crippen LogP contribution in [0.25, 0.3) is 20.5 Å². The first kappa shape index (κ1) is 22.5. The number of thiophene rings is 1. The summed E-state index contributed by atoms with van der Waals surface area (Å²) in [7, 11) is 7.84. The van der Waals surface area contributed by atoms with Gasteiger partial charge < -0.3 is 23.7 Å². The lowest BCUT2D eigenvalue weighted by Crippen LogP contribution is -2.04. The van der Waals surface area contributed by atoms with Gasteiger partial charge in [0.15, 0.2) is 17.3 Å². The Morgan fingerprint density at radius 3 is 1.88 bits per heavy atom. The first-order chi connectivity index (χ1) is 16.0. The minimum atomic E-state index is -0.148. The fraction of sp³-hybridized carbons (Fsp3) is 0.192. The Balaban J connectivity index is 1.85. The van der Waals surface area contributed by atoms with Crippen LogP contribution in [0.15, 0.2) is 54.6 Å². The standard InChI is InChI=1S/C26H24O6S/c1-28-17-8-6-15(7-9-17)23-14-19-20(29-2)11-10-18(26(19)33-23)24(27)16-12-21(30-3)25(32-5)22(13-16)31-4/h6-14H,1-5H3. The highest BCUT2D eigenvalue weighted by atomic mass is 32.1. The van der Waals surface area contributed by atoms with Crippen molar-refractivity contribution in [3.8, 4) is 39.2 Å². The maximum atomic E-state index is 13.6. The number of carbonyl (C=O) groups is 1. The van der Waals surface area contributed by atoms with Crippen LogP contribution in [0.5, 0.6) is 28.7 Å². The molecule has 0 saturated carbocycles. The largest absolute Gasteiger partial charge is 0.497 e. The van der Waals surface area contributed by atoms with Gasteiger partial charge in [0.25, 0.3) is 0 Å². The topological polar surface area (TPSA) is 63.2 Å². The van der Waals surface area contributed by atoms with E-state index in [0.717, 1.165) is 26.3 Å². The smallest absolute Gasteiger partial charge is 0.203 e. The fourth-order valence-electron chi connectivity index (χ4n) is 3.72. The number of benzene rings is 3. The van der Waals surface area contributed by atoms with E-state index in [4.69, 9.17) is 23.7 Å². The Kier molecular flexibility index (Phi) is 6.42. The zero-order chi connectivity index (χ0) is 23.5. The lowest BCUT2D eigenvalue weighted by Gasteiger charge is -2.14. The molecule has 0 N–H and O–H groups in total. The summed E-state index contributed by atoms with van der Waals surface area (Å²) < 4.78 is 27.9. The van der Waals surface area contributed by atoms with Crippen molar-refractivity contribution < 1.29 is 28.5 Å². The Hall–Kier alpha value is -3.71. The maximum Gasteiger partial charge on any atom is 0.203 e. The van der Waals surface area contributed by atoms with Gasteiger partial charge in [0.05, 0.1) is 35.5 Å². The van der Waals surface area contributed by atoms with E-state index >= 15 is 0 Å². The monoisotopic (exact) mass is 464 g/mol. The molecule has 170 valence electrons. The third-order valence-electron chi connectivity index (χ3n) is 5.41. The summed E-state index contributed by atoms with van der Waals surface area (Å²) in [4.78, 5) is 14.6. The summed E-state index contributed by atoms with van der Waals surface area (Å²) in [5.41, 5.74) is 2.05. The summed E-state index contributed by atoms with van der Waals surface area (Å²) in [6.07, 6.45) is 0. The molecule has 0 saturated heterocycles. The molecule has 0 aliphatic heterocycles. The fourth-order valence-corrected chi connectivity index (χ4v) is 4.91. The van der Waals surface area contributed by atoms with E-state index in [1.807, 2.05) is 36.4 Å². The molecule has 6 nitrogen and oxygen atoms in total. The molecule has 0 bridgehead atoms. The van der Waals surface area contributed by atoms with Crippen LogP contribution in [0.3, 0.4) is 0 Å². The molecule has 0 atom stereocenters. The van der Waals surface area contributed by atoms with Crippen LogP contribution < -0.4 is 23.7 Å². The maximum absolute atomic E-state index is 13.6. The SMILES string of the molecule is COc1ccc(-c2cc3c(OC)ccc(C(=O)c4cc(OC)c(OC)c(OC)c4)c3s2)cc1. The van der Waals surface area contributed by atoms with Crippen LogP contribution in [-0.2, 0) is 0 Å². The first-order valence-electron chi connectivity index (χ1n) is 10.1. The third kappa shape index (κ3) is 4.07. The van der Waals surface area contributed by atoms with Gasteiger partial charge in [0.2, 0.25) is 5.75 Å². The second-order valence-corrected chi connectivity index (χ2v) is 8.19. The molecule has 1 aromatic heterocycles.